The Balaban J connectivity index is 1.61. The molecule has 2 aromatic carbocycles. The summed E-state index contributed by atoms with van der Waals surface area (Å²) in [6.07, 6.45) is -4.23. The van der Waals surface area contributed by atoms with Crippen molar-refractivity contribution in [1.29, 1.82) is 0 Å². The van der Waals surface area contributed by atoms with Crippen LogP contribution < -0.4 is 5.48 Å². The van der Waals surface area contributed by atoms with Crippen molar-refractivity contribution in [2.45, 2.75) is 37.0 Å². The van der Waals surface area contributed by atoms with Gasteiger partial charge in [0.25, 0.3) is 5.91 Å². The number of benzene rings is 2. The van der Waals surface area contributed by atoms with Crippen LogP contribution in [0.15, 0.2) is 42.5 Å². The van der Waals surface area contributed by atoms with Gasteiger partial charge in [-0.3, -0.25) is 15.1 Å². The molecule has 1 fully saturated rings. The molecule has 0 aliphatic carbocycles. The van der Waals surface area contributed by atoms with E-state index in [9.17, 15) is 26.7 Å². The minimum atomic E-state index is -4.98. The van der Waals surface area contributed by atoms with Gasteiger partial charge in [0, 0.05) is 5.56 Å². The molecule has 0 radical (unpaired) electrons. The zero-order chi connectivity index (χ0) is 26.0. The van der Waals surface area contributed by atoms with E-state index in [1.165, 1.54) is 24.3 Å². The number of likely N-dealkylation sites (tertiary alicyclic amines) is 1. The van der Waals surface area contributed by atoms with Crippen LogP contribution in [0.25, 0.3) is 5.70 Å². The van der Waals surface area contributed by atoms with Crippen molar-refractivity contribution in [3.05, 3.63) is 75.0 Å². The van der Waals surface area contributed by atoms with Gasteiger partial charge in [0.1, 0.15) is 0 Å². The van der Waals surface area contributed by atoms with E-state index in [1.807, 2.05) is 0 Å². The SMILES string of the molecule is CC(C)(F)C(=O)N1CC(F)(c2ccc(C3=CC(c4cc(Cl)c(F)c(Cl)c4)(C(F)(F)F)ON3)cc2)C1. The predicted octanol–water partition coefficient (Wildman–Crippen LogP) is 6.22. The van der Waals surface area contributed by atoms with Gasteiger partial charge in [0.05, 0.1) is 28.8 Å². The molecule has 188 valence electrons. The summed E-state index contributed by atoms with van der Waals surface area (Å²) in [7, 11) is 0. The second-order valence-electron chi connectivity index (χ2n) is 8.93. The van der Waals surface area contributed by atoms with E-state index >= 15 is 4.39 Å². The van der Waals surface area contributed by atoms with Crippen molar-refractivity contribution in [2.24, 2.45) is 0 Å². The first-order valence-electron chi connectivity index (χ1n) is 10.2. The number of nitrogens with zero attached hydrogens (tertiary/aromatic N) is 1. The van der Waals surface area contributed by atoms with Gasteiger partial charge in [-0.2, -0.15) is 13.2 Å². The smallest absolute Gasteiger partial charge is 0.333 e. The van der Waals surface area contributed by atoms with Crippen molar-refractivity contribution in [2.75, 3.05) is 13.1 Å². The topological polar surface area (TPSA) is 41.6 Å². The van der Waals surface area contributed by atoms with Gasteiger partial charge in [-0.1, -0.05) is 47.5 Å². The Bertz CT molecular complexity index is 1180. The van der Waals surface area contributed by atoms with Crippen molar-refractivity contribution in [1.82, 2.24) is 10.4 Å². The largest absolute Gasteiger partial charge is 0.428 e. The highest BCUT2D eigenvalue weighted by Crippen LogP contribution is 2.49. The summed E-state index contributed by atoms with van der Waals surface area (Å²) in [4.78, 5) is 17.9. The number of carbonyl (C=O) groups excluding carboxylic acids is 1. The van der Waals surface area contributed by atoms with E-state index in [0.29, 0.717) is 0 Å². The summed E-state index contributed by atoms with van der Waals surface area (Å²) in [5, 5.41) is -1.22. The van der Waals surface area contributed by atoms with E-state index in [-0.39, 0.29) is 29.9 Å². The van der Waals surface area contributed by atoms with Crippen molar-refractivity contribution in [3.63, 3.8) is 0 Å². The minimum absolute atomic E-state index is 0.0806. The van der Waals surface area contributed by atoms with Gasteiger partial charge in [-0.05, 0) is 43.2 Å². The standard InChI is InChI=1S/C23H18Cl2F6N2O2/c1-20(2,27)19(34)33-10-21(28,11-33)13-5-3-12(4-6-13)17-9-22(35-32-17,23(29,30)31)14-7-15(24)18(26)16(25)8-14/h3-9,32H,10-11H2,1-2H3. The fourth-order valence-electron chi connectivity index (χ4n) is 3.96. The molecule has 4 rings (SSSR count). The maximum atomic E-state index is 15.2. The van der Waals surface area contributed by atoms with E-state index in [0.717, 1.165) is 37.0 Å². The molecule has 2 heterocycles. The summed E-state index contributed by atoms with van der Waals surface area (Å²) in [6.45, 7) is 1.49. The van der Waals surface area contributed by atoms with Crippen molar-refractivity contribution >= 4 is 34.8 Å². The first-order chi connectivity index (χ1) is 16.1. The highest BCUT2D eigenvalue weighted by molar-refractivity contribution is 6.35. The maximum Gasteiger partial charge on any atom is 0.428 e. The number of carbonyl (C=O) groups is 1. The zero-order valence-corrected chi connectivity index (χ0v) is 19.8. The van der Waals surface area contributed by atoms with Crippen LogP contribution in [-0.4, -0.2) is 35.7 Å². The molecule has 2 aromatic rings. The first-order valence-corrected chi connectivity index (χ1v) is 11.0. The van der Waals surface area contributed by atoms with Crippen LogP contribution in [-0.2, 0) is 20.9 Å². The molecule has 1 amide bonds. The fourth-order valence-corrected chi connectivity index (χ4v) is 4.45. The molecule has 0 saturated carbocycles. The average molecular weight is 539 g/mol. The third-order valence-electron chi connectivity index (χ3n) is 5.90. The molecule has 1 saturated heterocycles. The monoisotopic (exact) mass is 538 g/mol. The van der Waals surface area contributed by atoms with E-state index in [1.54, 1.807) is 0 Å². The third-order valence-corrected chi connectivity index (χ3v) is 6.45. The van der Waals surface area contributed by atoms with Crippen LogP contribution in [0.3, 0.4) is 0 Å². The van der Waals surface area contributed by atoms with Crippen LogP contribution in [0.2, 0.25) is 10.0 Å². The Kier molecular flexibility index (Phi) is 6.09. The number of hydrogen-bond donors (Lipinski definition) is 1. The number of amides is 1. The Hall–Kier alpha value is -2.43. The lowest BCUT2D eigenvalue weighted by Crippen LogP contribution is -2.62. The number of rotatable bonds is 4. The number of hydrogen-bond acceptors (Lipinski definition) is 3. The number of hydroxylamine groups is 1. The predicted molar refractivity (Wildman–Crippen MR) is 117 cm³/mol. The molecular formula is C23H18Cl2F6N2O2. The van der Waals surface area contributed by atoms with E-state index < -0.39 is 50.4 Å². The minimum Gasteiger partial charge on any atom is -0.333 e. The van der Waals surface area contributed by atoms with Crippen molar-refractivity contribution < 1.29 is 36.0 Å². The molecule has 12 heteroatoms. The second-order valence-corrected chi connectivity index (χ2v) is 9.74. The van der Waals surface area contributed by atoms with Gasteiger partial charge in [0.15, 0.2) is 17.2 Å². The van der Waals surface area contributed by atoms with Gasteiger partial charge in [0.2, 0.25) is 5.60 Å². The number of alkyl halides is 5. The highest BCUT2D eigenvalue weighted by atomic mass is 35.5. The lowest BCUT2D eigenvalue weighted by molar-refractivity contribution is -0.269. The normalized spacial score (nSPS) is 21.9. The Morgan fingerprint density at radius 3 is 2.06 bits per heavy atom. The molecule has 1 atom stereocenters. The fraction of sp³-hybridized carbons (Fsp3) is 0.348. The molecule has 2 aliphatic rings. The third kappa shape index (κ3) is 4.36. The van der Waals surface area contributed by atoms with Crippen LogP contribution in [0.4, 0.5) is 26.3 Å². The molecule has 2 aliphatic heterocycles. The zero-order valence-electron chi connectivity index (χ0n) is 18.2. The average Bonchev–Trinajstić information content (AvgIpc) is 3.21. The maximum absolute atomic E-state index is 15.2. The molecule has 1 N–H and O–H groups in total. The lowest BCUT2D eigenvalue weighted by Gasteiger charge is -2.46. The molecule has 0 bridgehead atoms. The summed E-state index contributed by atoms with van der Waals surface area (Å²) in [5.74, 6) is -1.89. The summed E-state index contributed by atoms with van der Waals surface area (Å²) < 4.78 is 85.1. The summed E-state index contributed by atoms with van der Waals surface area (Å²) >= 11 is 11.4. The van der Waals surface area contributed by atoms with E-state index in [4.69, 9.17) is 28.0 Å². The Morgan fingerprint density at radius 1 is 1.03 bits per heavy atom. The van der Waals surface area contributed by atoms with E-state index in [2.05, 4.69) is 5.48 Å². The van der Waals surface area contributed by atoms with Gasteiger partial charge >= 0.3 is 6.18 Å². The molecule has 35 heavy (non-hydrogen) atoms. The molecule has 0 spiro atoms. The van der Waals surface area contributed by atoms with Crippen LogP contribution in [0.5, 0.6) is 0 Å². The van der Waals surface area contributed by atoms with Crippen LogP contribution in [0.1, 0.15) is 30.5 Å². The Labute approximate surface area is 206 Å². The lowest BCUT2D eigenvalue weighted by atomic mass is 9.86. The summed E-state index contributed by atoms with van der Waals surface area (Å²) in [6, 6.07) is 7.02. The number of halogens is 8. The van der Waals surface area contributed by atoms with Crippen LogP contribution >= 0.6 is 23.2 Å². The molecule has 4 nitrogen and oxygen atoms in total. The van der Waals surface area contributed by atoms with Gasteiger partial charge in [-0.25, -0.2) is 13.2 Å². The van der Waals surface area contributed by atoms with Crippen LogP contribution in [0, 0.1) is 5.82 Å². The molecule has 1 unspecified atom stereocenters. The molecule has 0 aromatic heterocycles. The highest BCUT2D eigenvalue weighted by Gasteiger charge is 2.60. The van der Waals surface area contributed by atoms with Gasteiger partial charge in [-0.15, -0.1) is 0 Å². The number of nitrogens with one attached hydrogen (secondary N) is 1. The second kappa shape index (κ2) is 8.31. The van der Waals surface area contributed by atoms with Crippen molar-refractivity contribution in [3.8, 4) is 0 Å². The molecular weight excluding hydrogens is 521 g/mol. The first kappa shape index (κ1) is 25.7. The van der Waals surface area contributed by atoms with Gasteiger partial charge < -0.3 is 4.90 Å². The summed E-state index contributed by atoms with van der Waals surface area (Å²) in [5.41, 5.74) is -5.04. The quantitative estimate of drug-likeness (QED) is 0.371. The Morgan fingerprint density at radius 2 is 1.57 bits per heavy atom.